The summed E-state index contributed by atoms with van der Waals surface area (Å²) in [5.74, 6) is 0. The normalized spacial score (nSPS) is 13.1. The summed E-state index contributed by atoms with van der Waals surface area (Å²) < 4.78 is 2.68. The summed E-state index contributed by atoms with van der Waals surface area (Å²) >= 11 is 1.87. The molecule has 0 spiro atoms. The van der Waals surface area contributed by atoms with Gasteiger partial charge in [-0.1, -0.05) is 159 Å². The molecule has 0 fully saturated rings. The van der Waals surface area contributed by atoms with Crippen LogP contribution in [0.4, 0.5) is 0 Å². The third-order valence-electron chi connectivity index (χ3n) is 12.5. The van der Waals surface area contributed by atoms with Gasteiger partial charge in [-0.25, -0.2) is 4.98 Å². The van der Waals surface area contributed by atoms with Crippen LogP contribution in [0.2, 0.25) is 0 Å². The fraction of sp³-hybridized carbons (Fsp3) is 0.0545. The van der Waals surface area contributed by atoms with Crippen molar-refractivity contribution in [2.24, 2.45) is 0 Å². The molecule has 0 N–H and O–H groups in total. The molecule has 0 saturated carbocycles. The Kier molecular flexibility index (Phi) is 7.18. The summed E-state index contributed by atoms with van der Waals surface area (Å²) in [5, 5.41) is 7.35. The smallest absolute Gasteiger partial charge is 0.0979 e. The summed E-state index contributed by atoms with van der Waals surface area (Å²) in [5.41, 5.74) is 16.5. The molecule has 9 aromatic carbocycles. The fourth-order valence-corrected chi connectivity index (χ4v) is 10.5. The molecule has 2 heterocycles. The van der Waals surface area contributed by atoms with Crippen LogP contribution in [0.15, 0.2) is 182 Å². The van der Waals surface area contributed by atoms with Crippen molar-refractivity contribution in [1.82, 2.24) is 9.97 Å². The molecule has 12 rings (SSSR count). The Morgan fingerprint density at radius 2 is 0.828 bits per heavy atom. The Bertz CT molecular complexity index is 3430. The summed E-state index contributed by atoms with van der Waals surface area (Å²) in [4.78, 5) is 10.2. The first-order valence-corrected chi connectivity index (χ1v) is 20.8. The molecule has 2 nitrogen and oxygen atoms in total. The van der Waals surface area contributed by atoms with Gasteiger partial charge in [-0.05, 0) is 96.7 Å². The molecular weight excluding hydrogens is 721 g/mol. The van der Waals surface area contributed by atoms with Crippen molar-refractivity contribution in [3.8, 4) is 55.8 Å². The zero-order valence-corrected chi connectivity index (χ0v) is 32.9. The summed E-state index contributed by atoms with van der Waals surface area (Å²) in [6.07, 6.45) is 1.92. The molecule has 0 bridgehead atoms. The third-order valence-corrected chi connectivity index (χ3v) is 13.7. The van der Waals surface area contributed by atoms with E-state index in [9.17, 15) is 0 Å². The molecule has 11 aromatic rings. The van der Waals surface area contributed by atoms with Gasteiger partial charge in [-0.15, -0.1) is 11.3 Å². The number of hydrogen-bond acceptors (Lipinski definition) is 3. The highest BCUT2D eigenvalue weighted by atomic mass is 32.1. The van der Waals surface area contributed by atoms with Gasteiger partial charge >= 0.3 is 0 Å². The van der Waals surface area contributed by atoms with Gasteiger partial charge in [0.25, 0.3) is 0 Å². The Balaban J connectivity index is 0.835. The summed E-state index contributed by atoms with van der Waals surface area (Å²) in [6.45, 7) is 4.74. The molecule has 0 unspecified atom stereocenters. The van der Waals surface area contributed by atoms with Crippen LogP contribution in [0.3, 0.4) is 0 Å². The van der Waals surface area contributed by atoms with E-state index in [0.29, 0.717) is 0 Å². The number of fused-ring (bicyclic) bond motifs is 12. The van der Waals surface area contributed by atoms with Crippen LogP contribution in [0, 0.1) is 0 Å². The van der Waals surface area contributed by atoms with E-state index in [2.05, 4.69) is 190 Å². The lowest BCUT2D eigenvalue weighted by atomic mass is 9.81. The van der Waals surface area contributed by atoms with Crippen molar-refractivity contribution in [3.63, 3.8) is 0 Å². The maximum absolute atomic E-state index is 5.22. The van der Waals surface area contributed by atoms with Gasteiger partial charge in [-0.3, -0.25) is 4.98 Å². The molecular formula is C55H36N2S. The van der Waals surface area contributed by atoms with Crippen LogP contribution in [0.1, 0.15) is 25.0 Å². The Morgan fingerprint density at radius 3 is 1.43 bits per heavy atom. The number of nitrogens with zero attached hydrogens (tertiary/aromatic N) is 2. The van der Waals surface area contributed by atoms with Crippen molar-refractivity contribution >= 4 is 64.1 Å². The number of hydrogen-bond donors (Lipinski definition) is 0. The molecule has 1 aliphatic rings. The lowest BCUT2D eigenvalue weighted by molar-refractivity contribution is 0.661. The minimum absolute atomic E-state index is 0.136. The molecule has 0 atom stereocenters. The number of aromatic nitrogens is 2. The predicted molar refractivity (Wildman–Crippen MR) is 247 cm³/mol. The largest absolute Gasteiger partial charge is 0.252 e. The van der Waals surface area contributed by atoms with Crippen molar-refractivity contribution in [2.75, 3.05) is 0 Å². The van der Waals surface area contributed by atoms with Crippen molar-refractivity contribution < 1.29 is 0 Å². The van der Waals surface area contributed by atoms with Gasteiger partial charge in [0.15, 0.2) is 0 Å². The first-order valence-electron chi connectivity index (χ1n) is 20.0. The topological polar surface area (TPSA) is 25.8 Å². The van der Waals surface area contributed by atoms with E-state index >= 15 is 0 Å². The Morgan fingerprint density at radius 1 is 0.379 bits per heavy atom. The highest BCUT2D eigenvalue weighted by Crippen LogP contribution is 2.51. The van der Waals surface area contributed by atoms with E-state index in [4.69, 9.17) is 9.97 Å². The summed E-state index contributed by atoms with van der Waals surface area (Å²) in [7, 11) is 0. The molecule has 58 heavy (non-hydrogen) atoms. The van der Waals surface area contributed by atoms with Crippen LogP contribution in [0.5, 0.6) is 0 Å². The molecule has 0 aliphatic heterocycles. The van der Waals surface area contributed by atoms with E-state index in [1.807, 2.05) is 17.5 Å². The van der Waals surface area contributed by atoms with Gasteiger partial charge in [-0.2, -0.15) is 0 Å². The SMILES string of the molecule is CC1(C)c2cc(-c3ccc(-c4ccc5sc6ccccc6c5c4)cc3)ccc2-c2ccc(-c3ccc(-c4cnc5c6ccccc6c6ccccc6c5n4)cc3)cc21. The monoisotopic (exact) mass is 756 g/mol. The highest BCUT2D eigenvalue weighted by molar-refractivity contribution is 7.25. The lowest BCUT2D eigenvalue weighted by Gasteiger charge is -2.22. The molecule has 0 radical (unpaired) electrons. The molecule has 0 amide bonds. The van der Waals surface area contributed by atoms with E-state index in [-0.39, 0.29) is 5.41 Å². The molecule has 272 valence electrons. The quantitative estimate of drug-likeness (QED) is 0.167. The molecule has 3 heteroatoms. The number of benzene rings is 9. The van der Waals surface area contributed by atoms with E-state index in [0.717, 1.165) is 33.1 Å². The van der Waals surface area contributed by atoms with E-state index < -0.39 is 0 Å². The zero-order valence-electron chi connectivity index (χ0n) is 32.1. The minimum atomic E-state index is -0.136. The zero-order chi connectivity index (χ0) is 38.5. The van der Waals surface area contributed by atoms with Crippen LogP contribution in [0.25, 0.3) is 109 Å². The van der Waals surface area contributed by atoms with Crippen molar-refractivity contribution in [3.05, 3.63) is 193 Å². The Hall–Kier alpha value is -6.94. The third kappa shape index (κ3) is 5.03. The average Bonchev–Trinajstić information content (AvgIpc) is 3.77. The first kappa shape index (κ1) is 33.2. The van der Waals surface area contributed by atoms with Gasteiger partial charge in [0, 0.05) is 41.9 Å². The lowest BCUT2D eigenvalue weighted by Crippen LogP contribution is -2.15. The molecule has 0 saturated heterocycles. The molecule has 2 aromatic heterocycles. The van der Waals surface area contributed by atoms with Gasteiger partial charge in [0.1, 0.15) is 0 Å². The molecule has 1 aliphatic carbocycles. The fourth-order valence-electron chi connectivity index (χ4n) is 9.45. The second kappa shape index (κ2) is 12.5. The van der Waals surface area contributed by atoms with E-state index in [1.165, 1.54) is 86.6 Å². The van der Waals surface area contributed by atoms with Crippen molar-refractivity contribution in [1.29, 1.82) is 0 Å². The maximum Gasteiger partial charge on any atom is 0.0979 e. The number of thiophene rings is 1. The van der Waals surface area contributed by atoms with Gasteiger partial charge in [0.2, 0.25) is 0 Å². The number of rotatable bonds is 4. The van der Waals surface area contributed by atoms with Gasteiger partial charge in [0.05, 0.1) is 22.9 Å². The second-order valence-electron chi connectivity index (χ2n) is 16.2. The van der Waals surface area contributed by atoms with Crippen molar-refractivity contribution in [2.45, 2.75) is 19.3 Å². The minimum Gasteiger partial charge on any atom is -0.252 e. The van der Waals surface area contributed by atoms with Crippen LogP contribution < -0.4 is 0 Å². The summed E-state index contributed by atoms with van der Waals surface area (Å²) in [6, 6.07) is 64.5. The van der Waals surface area contributed by atoms with Crippen LogP contribution in [-0.4, -0.2) is 9.97 Å². The standard InChI is InChI=1S/C55H36N2S/c1-55(2)48-30-38(34-17-15-33(16-18-34)37-25-28-52-47(29-37)44-11-7-8-14-51(44)58-52)23-26-42(48)43-27-24-39(31-49(43)55)35-19-21-36(22-20-35)50-32-56-53-45-12-5-3-9-40(45)41-10-4-6-13-46(41)54(53)57-50/h3-32H,1-2H3. The Labute approximate surface area is 340 Å². The predicted octanol–water partition coefficient (Wildman–Crippen LogP) is 15.3. The van der Waals surface area contributed by atoms with Gasteiger partial charge < -0.3 is 0 Å². The average molecular weight is 757 g/mol. The first-order chi connectivity index (χ1) is 28.5. The van der Waals surface area contributed by atoms with Crippen LogP contribution >= 0.6 is 11.3 Å². The second-order valence-corrected chi connectivity index (χ2v) is 17.2. The highest BCUT2D eigenvalue weighted by Gasteiger charge is 2.36. The maximum atomic E-state index is 5.22. The van der Waals surface area contributed by atoms with Crippen LogP contribution in [-0.2, 0) is 5.41 Å². The van der Waals surface area contributed by atoms with E-state index in [1.54, 1.807) is 0 Å².